The minimum absolute atomic E-state index is 0.124. The smallest absolute Gasteiger partial charge is 0.326 e. The first-order valence-corrected chi connectivity index (χ1v) is 10.7. The predicted molar refractivity (Wildman–Crippen MR) is 121 cm³/mol. The van der Waals surface area contributed by atoms with Crippen molar-refractivity contribution in [2.45, 2.75) is 57.7 Å². The summed E-state index contributed by atoms with van der Waals surface area (Å²) in [5.41, 5.74) is 11.9. The molecule has 33 heavy (non-hydrogen) atoms. The molecule has 1 rings (SSSR count). The van der Waals surface area contributed by atoms with Gasteiger partial charge in [0.25, 0.3) is 0 Å². The molecule has 1 aromatic carbocycles. The molecule has 0 fully saturated rings. The van der Waals surface area contributed by atoms with E-state index in [2.05, 4.69) is 16.0 Å². The Morgan fingerprint density at radius 3 is 2.21 bits per heavy atom. The number of hydrogen-bond acceptors (Lipinski definition) is 6. The van der Waals surface area contributed by atoms with Crippen LogP contribution in [0.25, 0.3) is 0 Å². The van der Waals surface area contributed by atoms with E-state index < -0.39 is 54.3 Å². The molecule has 182 valence electrons. The lowest BCUT2D eigenvalue weighted by Crippen LogP contribution is -2.55. The molecule has 0 saturated carbocycles. The van der Waals surface area contributed by atoms with Crippen molar-refractivity contribution in [3.8, 4) is 0 Å². The van der Waals surface area contributed by atoms with Crippen molar-refractivity contribution in [3.05, 3.63) is 35.9 Å². The molecule has 0 saturated heterocycles. The maximum Gasteiger partial charge on any atom is 0.326 e. The molecule has 1 aromatic rings. The van der Waals surface area contributed by atoms with Gasteiger partial charge in [0.2, 0.25) is 23.6 Å². The second-order valence-corrected chi connectivity index (χ2v) is 7.85. The molecule has 4 atom stereocenters. The number of carbonyl (C=O) groups excluding carboxylic acids is 4. The number of aliphatic carboxylic acids is 1. The summed E-state index contributed by atoms with van der Waals surface area (Å²) in [5.74, 6) is -4.25. The average Bonchev–Trinajstić information content (AvgIpc) is 2.78. The fourth-order valence-corrected chi connectivity index (χ4v) is 3.00. The van der Waals surface area contributed by atoms with Crippen molar-refractivity contribution >= 4 is 29.6 Å². The first-order chi connectivity index (χ1) is 15.5. The van der Waals surface area contributed by atoms with Crippen molar-refractivity contribution in [2.24, 2.45) is 17.4 Å². The van der Waals surface area contributed by atoms with Crippen LogP contribution in [0.1, 0.15) is 38.7 Å². The van der Waals surface area contributed by atoms with Crippen LogP contribution in [-0.4, -0.2) is 59.4 Å². The van der Waals surface area contributed by atoms with Crippen LogP contribution in [0, 0.1) is 5.92 Å². The molecule has 0 spiro atoms. The fraction of sp³-hybridized carbons (Fsp3) is 0.500. The zero-order chi connectivity index (χ0) is 25.0. The number of amides is 4. The lowest BCUT2D eigenvalue weighted by atomic mass is 9.98. The first-order valence-electron chi connectivity index (χ1n) is 10.7. The molecule has 0 aliphatic rings. The van der Waals surface area contributed by atoms with E-state index in [0.717, 1.165) is 5.56 Å². The molecule has 0 aliphatic carbocycles. The first kappa shape index (κ1) is 27.6. The summed E-state index contributed by atoms with van der Waals surface area (Å²) in [5, 5.41) is 16.6. The van der Waals surface area contributed by atoms with Crippen LogP contribution in [-0.2, 0) is 30.4 Å². The number of primary amides is 1. The summed E-state index contributed by atoms with van der Waals surface area (Å²) < 4.78 is 0. The van der Waals surface area contributed by atoms with Gasteiger partial charge in [0.15, 0.2) is 0 Å². The van der Waals surface area contributed by atoms with E-state index >= 15 is 0 Å². The van der Waals surface area contributed by atoms with Gasteiger partial charge in [0.05, 0.1) is 12.6 Å². The highest BCUT2D eigenvalue weighted by atomic mass is 16.4. The molecule has 4 amide bonds. The van der Waals surface area contributed by atoms with E-state index in [1.165, 1.54) is 0 Å². The van der Waals surface area contributed by atoms with Crippen LogP contribution in [0.5, 0.6) is 0 Å². The van der Waals surface area contributed by atoms with Gasteiger partial charge in [-0.15, -0.1) is 0 Å². The van der Waals surface area contributed by atoms with Crippen molar-refractivity contribution in [1.29, 1.82) is 0 Å². The molecule has 0 heterocycles. The maximum atomic E-state index is 12.6. The summed E-state index contributed by atoms with van der Waals surface area (Å²) in [4.78, 5) is 59.8. The normalized spacial score (nSPS) is 14.3. The molecule has 4 unspecified atom stereocenters. The Balaban J connectivity index is 2.69. The van der Waals surface area contributed by atoms with Crippen molar-refractivity contribution in [3.63, 3.8) is 0 Å². The van der Waals surface area contributed by atoms with E-state index in [4.69, 9.17) is 11.5 Å². The van der Waals surface area contributed by atoms with Crippen LogP contribution in [0.2, 0.25) is 0 Å². The average molecular weight is 464 g/mol. The fourth-order valence-electron chi connectivity index (χ4n) is 3.00. The van der Waals surface area contributed by atoms with Crippen LogP contribution >= 0.6 is 0 Å². The number of carboxylic acid groups (broad SMARTS) is 1. The van der Waals surface area contributed by atoms with E-state index in [-0.39, 0.29) is 25.2 Å². The minimum atomic E-state index is -1.21. The topological polar surface area (TPSA) is 194 Å². The summed E-state index contributed by atoms with van der Waals surface area (Å²) >= 11 is 0. The van der Waals surface area contributed by atoms with Gasteiger partial charge in [-0.2, -0.15) is 0 Å². The number of carbonyl (C=O) groups is 5. The van der Waals surface area contributed by atoms with Gasteiger partial charge in [-0.05, 0) is 24.3 Å². The molecular formula is C22H33N5O6. The van der Waals surface area contributed by atoms with Gasteiger partial charge in [0.1, 0.15) is 12.1 Å². The molecule has 11 heteroatoms. The van der Waals surface area contributed by atoms with Crippen LogP contribution in [0.4, 0.5) is 0 Å². The van der Waals surface area contributed by atoms with E-state index in [1.807, 2.05) is 30.3 Å². The van der Waals surface area contributed by atoms with Crippen molar-refractivity contribution in [1.82, 2.24) is 16.0 Å². The zero-order valence-electron chi connectivity index (χ0n) is 18.9. The number of benzene rings is 1. The molecule has 0 bridgehead atoms. The van der Waals surface area contributed by atoms with Crippen LogP contribution < -0.4 is 27.4 Å². The van der Waals surface area contributed by atoms with Crippen molar-refractivity contribution in [2.75, 3.05) is 6.54 Å². The summed E-state index contributed by atoms with van der Waals surface area (Å²) in [6.45, 7) is 3.00. The molecular weight excluding hydrogens is 430 g/mol. The third-order valence-corrected chi connectivity index (χ3v) is 5.17. The number of hydrogen-bond donors (Lipinski definition) is 6. The molecule has 0 aromatic heterocycles. The SMILES string of the molecule is CCC(C)C(NC(=O)C(CCC(N)=O)NC(=O)CNC(=O)C(N)Cc1ccccc1)C(=O)O. The lowest BCUT2D eigenvalue weighted by molar-refractivity contribution is -0.144. The van der Waals surface area contributed by atoms with Gasteiger partial charge >= 0.3 is 5.97 Å². The molecule has 0 radical (unpaired) electrons. The Kier molecular flexibility index (Phi) is 11.6. The van der Waals surface area contributed by atoms with Crippen LogP contribution in [0.15, 0.2) is 30.3 Å². The highest BCUT2D eigenvalue weighted by Crippen LogP contribution is 2.09. The standard InChI is InChI=1S/C22H33N5O6/c1-3-13(2)19(22(32)33)27-21(31)16(9-10-17(24)28)26-18(29)12-25-20(30)15(23)11-14-7-5-4-6-8-14/h4-8,13,15-16,19H,3,9-12,23H2,1-2H3,(H2,24,28)(H,25,30)(H,26,29)(H,27,31)(H,32,33). The number of nitrogens with two attached hydrogens (primary N) is 2. The predicted octanol–water partition coefficient (Wildman–Crippen LogP) is -0.962. The maximum absolute atomic E-state index is 12.6. The van der Waals surface area contributed by atoms with Gasteiger partial charge in [-0.1, -0.05) is 50.6 Å². The quantitative estimate of drug-likeness (QED) is 0.204. The summed E-state index contributed by atoms with van der Waals surface area (Å²) in [6, 6.07) is 5.89. The third-order valence-electron chi connectivity index (χ3n) is 5.17. The zero-order valence-corrected chi connectivity index (χ0v) is 18.9. The summed E-state index contributed by atoms with van der Waals surface area (Å²) in [6.07, 6.45) is 0.462. The van der Waals surface area contributed by atoms with Gasteiger partial charge in [-0.25, -0.2) is 4.79 Å². The second kappa shape index (κ2) is 13.8. The van der Waals surface area contributed by atoms with E-state index in [0.29, 0.717) is 6.42 Å². The van der Waals surface area contributed by atoms with E-state index in [1.54, 1.807) is 13.8 Å². The Labute approximate surface area is 192 Å². The van der Waals surface area contributed by atoms with Gasteiger partial charge < -0.3 is 32.5 Å². The Morgan fingerprint density at radius 2 is 1.67 bits per heavy atom. The molecule has 11 nitrogen and oxygen atoms in total. The number of carboxylic acids is 1. The Morgan fingerprint density at radius 1 is 1.03 bits per heavy atom. The lowest BCUT2D eigenvalue weighted by Gasteiger charge is -2.24. The van der Waals surface area contributed by atoms with Gasteiger partial charge in [-0.3, -0.25) is 19.2 Å². The minimum Gasteiger partial charge on any atom is -0.480 e. The largest absolute Gasteiger partial charge is 0.480 e. The number of rotatable bonds is 14. The highest BCUT2D eigenvalue weighted by molar-refractivity contribution is 5.93. The number of nitrogens with one attached hydrogen (secondary N) is 3. The second-order valence-electron chi connectivity index (χ2n) is 7.85. The Bertz CT molecular complexity index is 832. The molecule has 0 aliphatic heterocycles. The van der Waals surface area contributed by atoms with Crippen LogP contribution in [0.3, 0.4) is 0 Å². The third kappa shape index (κ3) is 10.1. The van der Waals surface area contributed by atoms with Crippen molar-refractivity contribution < 1.29 is 29.1 Å². The van der Waals surface area contributed by atoms with Gasteiger partial charge in [0, 0.05) is 6.42 Å². The molecule has 8 N–H and O–H groups in total. The highest BCUT2D eigenvalue weighted by Gasteiger charge is 2.29. The summed E-state index contributed by atoms with van der Waals surface area (Å²) in [7, 11) is 0. The van der Waals surface area contributed by atoms with E-state index in [9.17, 15) is 29.1 Å². The Hall–Kier alpha value is -3.47. The monoisotopic (exact) mass is 463 g/mol.